The molecule has 0 N–H and O–H groups in total. The minimum atomic E-state index is 0.674. The van der Waals surface area contributed by atoms with Gasteiger partial charge >= 0.3 is 0 Å². The highest BCUT2D eigenvalue weighted by atomic mass is 15.4. The summed E-state index contributed by atoms with van der Waals surface area (Å²) in [6.45, 7) is 11.2. The highest BCUT2D eigenvalue weighted by molar-refractivity contribution is 5.55. The highest BCUT2D eigenvalue weighted by Gasteiger charge is 2.20. The summed E-state index contributed by atoms with van der Waals surface area (Å²) < 4.78 is 1.84. The maximum absolute atomic E-state index is 4.72. The fourth-order valence-electron chi connectivity index (χ4n) is 3.80. The van der Waals surface area contributed by atoms with Gasteiger partial charge in [-0.1, -0.05) is 12.1 Å². The third-order valence-electron chi connectivity index (χ3n) is 5.37. The lowest BCUT2D eigenvalue weighted by Crippen LogP contribution is -2.46. The Hall–Kier alpha value is -2.67. The lowest BCUT2D eigenvalue weighted by molar-refractivity contribution is 0.244. The average Bonchev–Trinajstić information content (AvgIpc) is 3.05. The minimum Gasteiger partial charge on any atom is -0.369 e. The van der Waals surface area contributed by atoms with E-state index in [0.717, 1.165) is 50.1 Å². The molecule has 0 saturated carbocycles. The monoisotopic (exact) mass is 379 g/mol. The molecule has 0 radical (unpaired) electrons. The Morgan fingerprint density at radius 1 is 0.964 bits per heavy atom. The molecular weight excluding hydrogens is 350 g/mol. The van der Waals surface area contributed by atoms with Gasteiger partial charge in [0.25, 0.3) is 5.78 Å². The van der Waals surface area contributed by atoms with Crippen molar-refractivity contribution in [3.05, 3.63) is 46.9 Å². The molecule has 1 saturated heterocycles. The summed E-state index contributed by atoms with van der Waals surface area (Å²) in [6.07, 6.45) is 0. The number of benzene rings is 1. The zero-order valence-electron chi connectivity index (χ0n) is 17.5. The Bertz CT molecular complexity index is 984. The van der Waals surface area contributed by atoms with Crippen LogP contribution in [0.2, 0.25) is 0 Å². The van der Waals surface area contributed by atoms with Crippen LogP contribution in [0, 0.1) is 20.8 Å². The summed E-state index contributed by atoms with van der Waals surface area (Å²) in [5.74, 6) is 2.51. The Labute approximate surface area is 166 Å². The highest BCUT2D eigenvalue weighted by Crippen LogP contribution is 2.23. The Morgan fingerprint density at radius 3 is 2.43 bits per heavy atom. The second-order valence-electron chi connectivity index (χ2n) is 7.94. The fourth-order valence-corrected chi connectivity index (χ4v) is 3.80. The molecular formula is C21H29N7. The second-order valence-corrected chi connectivity index (χ2v) is 7.94. The first-order valence-electron chi connectivity index (χ1n) is 9.86. The van der Waals surface area contributed by atoms with Gasteiger partial charge in [0.15, 0.2) is 5.82 Å². The quantitative estimate of drug-likeness (QED) is 0.694. The molecule has 0 bridgehead atoms. The van der Waals surface area contributed by atoms with Crippen LogP contribution in [0.5, 0.6) is 0 Å². The van der Waals surface area contributed by atoms with Gasteiger partial charge in [0.05, 0.1) is 6.54 Å². The predicted octanol–water partition coefficient (Wildman–Crippen LogP) is 2.44. The van der Waals surface area contributed by atoms with E-state index in [4.69, 9.17) is 5.10 Å². The van der Waals surface area contributed by atoms with Gasteiger partial charge in [-0.05, 0) is 38.0 Å². The van der Waals surface area contributed by atoms with Gasteiger partial charge in [-0.15, -0.1) is 5.10 Å². The molecule has 7 heteroatoms. The van der Waals surface area contributed by atoms with E-state index in [1.165, 1.54) is 16.8 Å². The smallest absolute Gasteiger partial charge is 0.254 e. The van der Waals surface area contributed by atoms with Crippen molar-refractivity contribution >= 4 is 17.3 Å². The first kappa shape index (κ1) is 18.7. The summed E-state index contributed by atoms with van der Waals surface area (Å²) in [5, 5.41) is 4.72. The molecule has 3 aromatic rings. The van der Waals surface area contributed by atoms with Crippen LogP contribution in [0.4, 0.5) is 11.5 Å². The van der Waals surface area contributed by atoms with Crippen LogP contribution in [-0.4, -0.2) is 64.8 Å². The maximum Gasteiger partial charge on any atom is 0.254 e. The zero-order valence-corrected chi connectivity index (χ0v) is 17.5. The third kappa shape index (κ3) is 3.67. The normalized spacial score (nSPS) is 15.4. The molecule has 3 heterocycles. The molecule has 148 valence electrons. The topological polar surface area (TPSA) is 52.8 Å². The van der Waals surface area contributed by atoms with Crippen molar-refractivity contribution in [1.29, 1.82) is 0 Å². The standard InChI is InChI=1S/C21H29N7/c1-15-6-7-16(2)18(12-15)27-10-8-26(9-11-27)14-19-23-21-22-17(3)13-20(25(4)5)28(21)24-19/h6-7,12-13H,8-11,14H2,1-5H3. The first-order chi connectivity index (χ1) is 13.4. The van der Waals surface area contributed by atoms with E-state index in [9.17, 15) is 0 Å². The van der Waals surface area contributed by atoms with Crippen molar-refractivity contribution in [2.45, 2.75) is 27.3 Å². The number of piperazine rings is 1. The van der Waals surface area contributed by atoms with Crippen LogP contribution in [0.15, 0.2) is 24.3 Å². The number of nitrogens with zero attached hydrogens (tertiary/aromatic N) is 7. The molecule has 28 heavy (non-hydrogen) atoms. The van der Waals surface area contributed by atoms with Crippen LogP contribution >= 0.6 is 0 Å². The minimum absolute atomic E-state index is 0.674. The predicted molar refractivity (Wildman–Crippen MR) is 113 cm³/mol. The third-order valence-corrected chi connectivity index (χ3v) is 5.37. The summed E-state index contributed by atoms with van der Waals surface area (Å²) in [5.41, 5.74) is 4.98. The number of hydrogen-bond donors (Lipinski definition) is 0. The zero-order chi connectivity index (χ0) is 19.8. The molecule has 0 unspecified atom stereocenters. The van der Waals surface area contributed by atoms with E-state index in [-0.39, 0.29) is 0 Å². The average molecular weight is 380 g/mol. The Morgan fingerprint density at radius 2 is 1.71 bits per heavy atom. The second kappa shape index (κ2) is 7.39. The number of aryl methyl sites for hydroxylation is 3. The van der Waals surface area contributed by atoms with Gasteiger partial charge in [-0.3, -0.25) is 4.90 Å². The molecule has 4 rings (SSSR count). The fraction of sp³-hybridized carbons (Fsp3) is 0.476. The van der Waals surface area contributed by atoms with Crippen LogP contribution in [0.25, 0.3) is 5.78 Å². The van der Waals surface area contributed by atoms with Gasteiger partial charge in [0.1, 0.15) is 5.82 Å². The number of anilines is 2. The molecule has 1 aliphatic heterocycles. The van der Waals surface area contributed by atoms with Gasteiger partial charge in [-0.25, -0.2) is 4.98 Å². The van der Waals surface area contributed by atoms with Crippen molar-refractivity contribution < 1.29 is 0 Å². The van der Waals surface area contributed by atoms with Crippen molar-refractivity contribution in [3.8, 4) is 0 Å². The molecule has 1 aliphatic rings. The molecule has 7 nitrogen and oxygen atoms in total. The first-order valence-corrected chi connectivity index (χ1v) is 9.86. The van der Waals surface area contributed by atoms with E-state index in [1.807, 2.05) is 36.5 Å². The molecule has 0 spiro atoms. The molecule has 1 aromatic carbocycles. The van der Waals surface area contributed by atoms with Crippen molar-refractivity contribution in [2.24, 2.45) is 0 Å². The van der Waals surface area contributed by atoms with Gasteiger partial charge in [0.2, 0.25) is 0 Å². The SMILES string of the molecule is Cc1ccc(C)c(N2CCN(Cc3nc4nc(C)cc(N(C)C)n4n3)CC2)c1. The number of aromatic nitrogens is 4. The molecule has 1 fully saturated rings. The largest absolute Gasteiger partial charge is 0.369 e. The van der Waals surface area contributed by atoms with E-state index in [1.54, 1.807) is 0 Å². The molecule has 0 aliphatic carbocycles. The van der Waals surface area contributed by atoms with Crippen molar-refractivity contribution in [3.63, 3.8) is 0 Å². The summed E-state index contributed by atoms with van der Waals surface area (Å²) in [6, 6.07) is 8.73. The van der Waals surface area contributed by atoms with Crippen LogP contribution < -0.4 is 9.80 Å². The lowest BCUT2D eigenvalue weighted by Gasteiger charge is -2.36. The number of hydrogen-bond acceptors (Lipinski definition) is 6. The number of fused-ring (bicyclic) bond motifs is 1. The van der Waals surface area contributed by atoms with E-state index < -0.39 is 0 Å². The molecule has 0 atom stereocenters. The van der Waals surface area contributed by atoms with Crippen molar-refractivity contribution in [2.75, 3.05) is 50.1 Å². The van der Waals surface area contributed by atoms with E-state index in [2.05, 4.69) is 51.8 Å². The summed E-state index contributed by atoms with van der Waals surface area (Å²) in [7, 11) is 4.03. The van der Waals surface area contributed by atoms with E-state index in [0.29, 0.717) is 5.78 Å². The van der Waals surface area contributed by atoms with E-state index >= 15 is 0 Å². The summed E-state index contributed by atoms with van der Waals surface area (Å²) >= 11 is 0. The van der Waals surface area contributed by atoms with Crippen LogP contribution in [0.1, 0.15) is 22.6 Å². The number of rotatable bonds is 4. The maximum atomic E-state index is 4.72. The summed E-state index contributed by atoms with van der Waals surface area (Å²) in [4.78, 5) is 16.2. The van der Waals surface area contributed by atoms with Gasteiger partial charge in [0, 0.05) is 57.7 Å². The molecule has 2 aromatic heterocycles. The molecule has 0 amide bonds. The van der Waals surface area contributed by atoms with Crippen LogP contribution in [0.3, 0.4) is 0 Å². The lowest BCUT2D eigenvalue weighted by atomic mass is 10.1. The Balaban J connectivity index is 1.46. The Kier molecular flexibility index (Phi) is 4.93. The van der Waals surface area contributed by atoms with Gasteiger partial charge in [-0.2, -0.15) is 9.50 Å². The van der Waals surface area contributed by atoms with Crippen molar-refractivity contribution in [1.82, 2.24) is 24.5 Å². The van der Waals surface area contributed by atoms with Gasteiger partial charge < -0.3 is 9.80 Å². The van der Waals surface area contributed by atoms with Crippen LogP contribution in [-0.2, 0) is 6.54 Å².